The molecular weight excluding hydrogens is 356 g/mol. The molecule has 2 nitrogen and oxygen atoms in total. The highest BCUT2D eigenvalue weighted by Gasteiger charge is 2.32. The molecule has 2 saturated carbocycles. The van der Waals surface area contributed by atoms with Gasteiger partial charge in [0.25, 0.3) is 0 Å². The van der Waals surface area contributed by atoms with Gasteiger partial charge < -0.3 is 4.74 Å². The third-order valence-corrected chi connectivity index (χ3v) is 7.72. The van der Waals surface area contributed by atoms with Crippen LogP contribution in [0.25, 0.3) is 0 Å². The maximum Gasteiger partial charge on any atom is 0.338 e. The summed E-state index contributed by atoms with van der Waals surface area (Å²) in [7, 11) is 0. The van der Waals surface area contributed by atoms with E-state index in [4.69, 9.17) is 4.74 Å². The lowest BCUT2D eigenvalue weighted by Crippen LogP contribution is -2.26. The SMILES string of the molecule is CCCCCC1CCC(c2ccccc2C(=O)OC2CCC(CC)CC2)C(C)C1. The topological polar surface area (TPSA) is 26.3 Å². The maximum atomic E-state index is 13.1. The molecule has 0 heterocycles. The fraction of sp³-hybridized carbons (Fsp3) is 0.741. The van der Waals surface area contributed by atoms with Crippen LogP contribution >= 0.6 is 0 Å². The van der Waals surface area contributed by atoms with E-state index in [1.165, 1.54) is 69.8 Å². The van der Waals surface area contributed by atoms with E-state index in [1.54, 1.807) is 0 Å². The van der Waals surface area contributed by atoms with Crippen molar-refractivity contribution in [3.8, 4) is 0 Å². The van der Waals surface area contributed by atoms with Gasteiger partial charge in [-0.3, -0.25) is 0 Å². The predicted molar refractivity (Wildman–Crippen MR) is 121 cm³/mol. The molecule has 1 aromatic rings. The second-order valence-electron chi connectivity index (χ2n) is 9.80. The van der Waals surface area contributed by atoms with Crippen LogP contribution in [0.1, 0.15) is 120 Å². The molecule has 2 aliphatic carbocycles. The van der Waals surface area contributed by atoms with Gasteiger partial charge in [0.1, 0.15) is 6.10 Å². The Bertz CT molecular complexity index is 629. The summed E-state index contributed by atoms with van der Waals surface area (Å²) < 4.78 is 5.98. The van der Waals surface area contributed by atoms with E-state index in [0.29, 0.717) is 11.8 Å². The van der Waals surface area contributed by atoms with E-state index in [1.807, 2.05) is 12.1 Å². The van der Waals surface area contributed by atoms with Gasteiger partial charge in [-0.1, -0.05) is 71.1 Å². The fourth-order valence-corrected chi connectivity index (χ4v) is 5.79. The largest absolute Gasteiger partial charge is 0.459 e. The monoisotopic (exact) mass is 398 g/mol. The molecule has 0 radical (unpaired) electrons. The molecule has 0 aliphatic heterocycles. The standard InChI is InChI=1S/C27H42O2/c1-4-6-7-10-22-15-18-24(20(3)19-22)25-11-8-9-12-26(25)27(28)29-23-16-13-21(5-2)14-17-23/h8-9,11-12,20-24H,4-7,10,13-19H2,1-3H3. The number of benzene rings is 1. The van der Waals surface area contributed by atoms with Crippen molar-refractivity contribution >= 4 is 5.97 Å². The molecule has 0 amide bonds. The first-order valence-electron chi connectivity index (χ1n) is 12.4. The molecule has 29 heavy (non-hydrogen) atoms. The Labute approximate surface area is 178 Å². The predicted octanol–water partition coefficient (Wildman–Crippen LogP) is 7.91. The summed E-state index contributed by atoms with van der Waals surface area (Å²) in [5, 5.41) is 0. The van der Waals surface area contributed by atoms with Crippen molar-refractivity contribution in [2.75, 3.05) is 0 Å². The number of rotatable bonds is 8. The second-order valence-corrected chi connectivity index (χ2v) is 9.80. The molecule has 0 aromatic heterocycles. The highest BCUT2D eigenvalue weighted by molar-refractivity contribution is 5.91. The molecule has 3 unspecified atom stereocenters. The minimum atomic E-state index is -0.0854. The lowest BCUT2D eigenvalue weighted by molar-refractivity contribution is 0.0162. The zero-order valence-electron chi connectivity index (χ0n) is 19.0. The molecular formula is C27H42O2. The number of ether oxygens (including phenoxy) is 1. The zero-order chi connectivity index (χ0) is 20.6. The van der Waals surface area contributed by atoms with Crippen LogP contribution in [0.5, 0.6) is 0 Å². The van der Waals surface area contributed by atoms with Gasteiger partial charge in [-0.05, 0) is 80.2 Å². The van der Waals surface area contributed by atoms with Crippen molar-refractivity contribution in [1.29, 1.82) is 0 Å². The van der Waals surface area contributed by atoms with Crippen molar-refractivity contribution in [1.82, 2.24) is 0 Å². The Balaban J connectivity index is 1.61. The van der Waals surface area contributed by atoms with Crippen molar-refractivity contribution in [3.63, 3.8) is 0 Å². The van der Waals surface area contributed by atoms with E-state index < -0.39 is 0 Å². The minimum absolute atomic E-state index is 0.0854. The number of carbonyl (C=O) groups is 1. The first-order chi connectivity index (χ1) is 14.1. The van der Waals surface area contributed by atoms with E-state index in [0.717, 1.165) is 30.2 Å². The number of hydrogen-bond acceptors (Lipinski definition) is 2. The van der Waals surface area contributed by atoms with Gasteiger partial charge >= 0.3 is 5.97 Å². The Morgan fingerprint density at radius 1 is 0.966 bits per heavy atom. The molecule has 162 valence electrons. The fourth-order valence-electron chi connectivity index (χ4n) is 5.79. The summed E-state index contributed by atoms with van der Waals surface area (Å²) in [4.78, 5) is 13.1. The molecule has 2 aliphatic rings. The zero-order valence-corrected chi connectivity index (χ0v) is 19.0. The van der Waals surface area contributed by atoms with E-state index >= 15 is 0 Å². The number of esters is 1. The van der Waals surface area contributed by atoms with Gasteiger partial charge in [0.05, 0.1) is 5.56 Å². The molecule has 0 N–H and O–H groups in total. The lowest BCUT2D eigenvalue weighted by atomic mass is 9.70. The summed E-state index contributed by atoms with van der Waals surface area (Å²) in [5.74, 6) is 2.76. The normalized spacial score (nSPS) is 30.1. The van der Waals surface area contributed by atoms with Crippen molar-refractivity contribution in [3.05, 3.63) is 35.4 Å². The number of carbonyl (C=O) groups excluding carboxylic acids is 1. The first kappa shape index (κ1) is 22.4. The van der Waals surface area contributed by atoms with Crippen LogP contribution in [0.4, 0.5) is 0 Å². The van der Waals surface area contributed by atoms with Crippen LogP contribution < -0.4 is 0 Å². The van der Waals surface area contributed by atoms with Crippen LogP contribution in [-0.4, -0.2) is 12.1 Å². The molecule has 3 rings (SSSR count). The number of hydrogen-bond donors (Lipinski definition) is 0. The van der Waals surface area contributed by atoms with Gasteiger partial charge in [0.15, 0.2) is 0 Å². The summed E-state index contributed by atoms with van der Waals surface area (Å²) in [6, 6.07) is 8.27. The van der Waals surface area contributed by atoms with Gasteiger partial charge in [-0.15, -0.1) is 0 Å². The summed E-state index contributed by atoms with van der Waals surface area (Å²) in [5.41, 5.74) is 2.06. The second kappa shape index (κ2) is 11.2. The summed E-state index contributed by atoms with van der Waals surface area (Å²) in [6.07, 6.45) is 15.1. The van der Waals surface area contributed by atoms with Gasteiger partial charge in [0, 0.05) is 0 Å². The highest BCUT2D eigenvalue weighted by Crippen LogP contribution is 2.43. The third-order valence-electron chi connectivity index (χ3n) is 7.72. The highest BCUT2D eigenvalue weighted by atomic mass is 16.5. The van der Waals surface area contributed by atoms with Crippen molar-refractivity contribution in [2.24, 2.45) is 17.8 Å². The number of unbranched alkanes of at least 4 members (excludes halogenated alkanes) is 2. The maximum absolute atomic E-state index is 13.1. The molecule has 0 spiro atoms. The molecule has 3 atom stereocenters. The Kier molecular flexibility index (Phi) is 8.63. The lowest BCUT2D eigenvalue weighted by Gasteiger charge is -2.35. The minimum Gasteiger partial charge on any atom is -0.459 e. The average molecular weight is 399 g/mol. The first-order valence-corrected chi connectivity index (χ1v) is 12.4. The Hall–Kier alpha value is -1.31. The van der Waals surface area contributed by atoms with Gasteiger partial charge in [-0.2, -0.15) is 0 Å². The van der Waals surface area contributed by atoms with Crippen LogP contribution in [0.2, 0.25) is 0 Å². The van der Waals surface area contributed by atoms with Crippen molar-refractivity contribution in [2.45, 2.75) is 110 Å². The third kappa shape index (κ3) is 6.09. The summed E-state index contributed by atoms with van der Waals surface area (Å²) >= 11 is 0. The molecule has 2 heteroatoms. The molecule has 1 aromatic carbocycles. The van der Waals surface area contributed by atoms with Crippen molar-refractivity contribution < 1.29 is 9.53 Å². The van der Waals surface area contributed by atoms with Gasteiger partial charge in [0.2, 0.25) is 0 Å². The van der Waals surface area contributed by atoms with Crippen LogP contribution in [0.3, 0.4) is 0 Å². The molecule has 0 saturated heterocycles. The Morgan fingerprint density at radius 3 is 2.38 bits per heavy atom. The van der Waals surface area contributed by atoms with Crippen LogP contribution in [0, 0.1) is 17.8 Å². The van der Waals surface area contributed by atoms with Crippen LogP contribution in [-0.2, 0) is 4.74 Å². The molecule has 0 bridgehead atoms. The smallest absolute Gasteiger partial charge is 0.338 e. The quantitative estimate of drug-likeness (QED) is 0.328. The van der Waals surface area contributed by atoms with E-state index in [9.17, 15) is 4.79 Å². The summed E-state index contributed by atoms with van der Waals surface area (Å²) in [6.45, 7) is 6.95. The Morgan fingerprint density at radius 2 is 1.69 bits per heavy atom. The molecule has 2 fully saturated rings. The van der Waals surface area contributed by atoms with Gasteiger partial charge in [-0.25, -0.2) is 4.79 Å². The average Bonchev–Trinajstić information content (AvgIpc) is 2.74. The van der Waals surface area contributed by atoms with Crippen LogP contribution in [0.15, 0.2) is 24.3 Å². The van der Waals surface area contributed by atoms with E-state index in [-0.39, 0.29) is 12.1 Å². The van der Waals surface area contributed by atoms with E-state index in [2.05, 4.69) is 32.9 Å².